The van der Waals surface area contributed by atoms with Gasteiger partial charge in [0.25, 0.3) is 0 Å². The first-order valence-electron chi connectivity index (χ1n) is 8.23. The summed E-state index contributed by atoms with van der Waals surface area (Å²) in [5.74, 6) is 0.0484. The fraction of sp³-hybridized carbons (Fsp3) is 0.588. The Morgan fingerprint density at radius 1 is 1.29 bits per heavy atom. The summed E-state index contributed by atoms with van der Waals surface area (Å²) in [5, 5.41) is 6.40. The lowest BCUT2D eigenvalue weighted by Gasteiger charge is -2.29. The molecule has 3 unspecified atom stereocenters. The predicted octanol–water partition coefficient (Wildman–Crippen LogP) is 1.10. The van der Waals surface area contributed by atoms with Gasteiger partial charge in [0.2, 0.25) is 5.91 Å². The summed E-state index contributed by atoms with van der Waals surface area (Å²) in [6, 6.07) is 6.61. The van der Waals surface area contributed by atoms with Crippen LogP contribution in [-0.2, 0) is 10.2 Å². The number of piperidine rings is 1. The molecule has 0 spiro atoms. The number of carbonyl (C=O) groups is 1. The first kappa shape index (κ1) is 19.1. The zero-order valence-electron chi connectivity index (χ0n) is 14.1. The van der Waals surface area contributed by atoms with Gasteiger partial charge in [0.05, 0.1) is 0 Å². The molecule has 0 aliphatic carbocycles. The number of hydrazine groups is 1. The van der Waals surface area contributed by atoms with Crippen LogP contribution in [0.4, 0.5) is 4.39 Å². The second kappa shape index (κ2) is 7.78. The fourth-order valence-electron chi connectivity index (χ4n) is 3.40. The molecule has 7 heteroatoms. The molecule has 0 saturated carbocycles. The summed E-state index contributed by atoms with van der Waals surface area (Å²) < 4.78 is 13.1. The van der Waals surface area contributed by atoms with Crippen LogP contribution in [0.25, 0.3) is 0 Å². The van der Waals surface area contributed by atoms with Gasteiger partial charge < -0.3 is 10.6 Å². The van der Waals surface area contributed by atoms with Crippen LogP contribution in [0.3, 0.4) is 0 Å². The van der Waals surface area contributed by atoms with E-state index in [2.05, 4.69) is 21.5 Å². The van der Waals surface area contributed by atoms with Crippen molar-refractivity contribution in [2.75, 3.05) is 19.6 Å². The van der Waals surface area contributed by atoms with E-state index in [1.54, 1.807) is 12.1 Å². The number of nitrogens with one attached hydrogen (secondary N) is 4. The third kappa shape index (κ3) is 4.06. The molecule has 2 saturated heterocycles. The van der Waals surface area contributed by atoms with E-state index in [9.17, 15) is 9.18 Å². The molecule has 2 aliphatic rings. The largest absolute Gasteiger partial charge is 0.354 e. The minimum Gasteiger partial charge on any atom is -0.354 e. The quantitative estimate of drug-likeness (QED) is 0.652. The van der Waals surface area contributed by atoms with Crippen molar-refractivity contribution in [1.82, 2.24) is 21.5 Å². The van der Waals surface area contributed by atoms with Gasteiger partial charge in [-0.1, -0.05) is 26.0 Å². The van der Waals surface area contributed by atoms with Gasteiger partial charge in [-0.2, -0.15) is 0 Å². The van der Waals surface area contributed by atoms with E-state index in [-0.39, 0.29) is 41.5 Å². The van der Waals surface area contributed by atoms with E-state index < -0.39 is 0 Å². The maximum Gasteiger partial charge on any atom is 0.238 e. The van der Waals surface area contributed by atoms with E-state index in [0.717, 1.165) is 25.1 Å². The van der Waals surface area contributed by atoms with Crippen LogP contribution in [-0.4, -0.2) is 37.6 Å². The summed E-state index contributed by atoms with van der Waals surface area (Å²) >= 11 is 0. The maximum atomic E-state index is 13.1. The monoisotopic (exact) mass is 356 g/mol. The Balaban J connectivity index is 0.00000208. The van der Waals surface area contributed by atoms with Crippen LogP contribution >= 0.6 is 12.4 Å². The predicted molar refractivity (Wildman–Crippen MR) is 94.5 cm³/mol. The molecular formula is C17H26ClFN4O. The Morgan fingerprint density at radius 2 is 2.00 bits per heavy atom. The summed E-state index contributed by atoms with van der Waals surface area (Å²) in [6.07, 6.45) is 1.03. The first-order valence-corrected chi connectivity index (χ1v) is 8.23. The van der Waals surface area contributed by atoms with Crippen molar-refractivity contribution in [3.63, 3.8) is 0 Å². The first-order chi connectivity index (χ1) is 11.0. The van der Waals surface area contributed by atoms with Crippen LogP contribution in [0.2, 0.25) is 0 Å². The molecule has 4 N–H and O–H groups in total. The van der Waals surface area contributed by atoms with Crippen molar-refractivity contribution < 1.29 is 9.18 Å². The van der Waals surface area contributed by atoms with Crippen molar-refractivity contribution in [2.24, 2.45) is 5.92 Å². The Hall–Kier alpha value is -1.21. The maximum absolute atomic E-state index is 13.1. The molecule has 1 aromatic rings. The third-order valence-corrected chi connectivity index (χ3v) is 4.99. The Labute approximate surface area is 148 Å². The minimum absolute atomic E-state index is 0. The van der Waals surface area contributed by atoms with Gasteiger partial charge in [-0.15, -0.1) is 12.4 Å². The Morgan fingerprint density at radius 3 is 2.71 bits per heavy atom. The number of fused-ring (bicyclic) bond motifs is 1. The molecule has 0 aromatic heterocycles. The number of benzene rings is 1. The van der Waals surface area contributed by atoms with E-state index in [1.165, 1.54) is 12.1 Å². The number of carbonyl (C=O) groups excluding carboxylic acids is 1. The van der Waals surface area contributed by atoms with Gasteiger partial charge in [-0.05, 0) is 30.7 Å². The van der Waals surface area contributed by atoms with Gasteiger partial charge in [0.15, 0.2) is 0 Å². The van der Waals surface area contributed by atoms with E-state index in [4.69, 9.17) is 0 Å². The molecule has 3 rings (SSSR count). The second-order valence-electron chi connectivity index (χ2n) is 7.14. The highest BCUT2D eigenvalue weighted by atomic mass is 35.5. The number of hydrogen-bond donors (Lipinski definition) is 4. The summed E-state index contributed by atoms with van der Waals surface area (Å²) in [4.78, 5) is 12.5. The second-order valence-corrected chi connectivity index (χ2v) is 7.14. The lowest BCUT2D eigenvalue weighted by Crippen LogP contribution is -2.51. The molecule has 1 aromatic carbocycles. The molecule has 134 valence electrons. The van der Waals surface area contributed by atoms with Crippen LogP contribution in [0, 0.1) is 11.7 Å². The molecule has 2 fully saturated rings. The topological polar surface area (TPSA) is 65.2 Å². The molecule has 2 aliphatic heterocycles. The normalized spacial score (nSPS) is 26.4. The van der Waals surface area contributed by atoms with Gasteiger partial charge in [-0.3, -0.25) is 10.2 Å². The minimum atomic E-state index is -0.250. The fourth-order valence-corrected chi connectivity index (χ4v) is 3.40. The summed E-state index contributed by atoms with van der Waals surface area (Å²) in [7, 11) is 0. The van der Waals surface area contributed by atoms with Crippen molar-refractivity contribution in [3.8, 4) is 0 Å². The Kier molecular flexibility index (Phi) is 6.20. The average molecular weight is 357 g/mol. The summed E-state index contributed by atoms with van der Waals surface area (Å²) in [5.41, 5.74) is 7.12. The number of halogens is 2. The molecular weight excluding hydrogens is 331 g/mol. The smallest absolute Gasteiger partial charge is 0.238 e. The third-order valence-electron chi connectivity index (χ3n) is 4.99. The van der Waals surface area contributed by atoms with E-state index >= 15 is 0 Å². The Bertz CT molecular complexity index is 566. The van der Waals surface area contributed by atoms with Gasteiger partial charge >= 0.3 is 0 Å². The van der Waals surface area contributed by atoms with Crippen molar-refractivity contribution in [2.45, 2.75) is 37.8 Å². The highest BCUT2D eigenvalue weighted by Gasteiger charge is 2.41. The van der Waals surface area contributed by atoms with Crippen molar-refractivity contribution in [3.05, 3.63) is 35.6 Å². The van der Waals surface area contributed by atoms with Crippen LogP contribution < -0.4 is 21.5 Å². The standard InChI is InChI=1S/C17H25FN4O.ClH/c1-17(2,11-3-5-12(18)6-4-11)10-20-16(23)15-13-9-19-8-7-14(13)21-22-15;/h3-6,13-15,19,21-22H,7-10H2,1-2H3,(H,20,23);1H. The SMILES string of the molecule is CC(C)(CNC(=O)C1NNC2CCNCC21)c1ccc(F)cc1.Cl. The highest BCUT2D eigenvalue weighted by molar-refractivity contribution is 5.85. The van der Waals surface area contributed by atoms with Crippen molar-refractivity contribution >= 4 is 18.3 Å². The molecule has 2 heterocycles. The number of amides is 1. The molecule has 5 nitrogen and oxygen atoms in total. The highest BCUT2D eigenvalue weighted by Crippen LogP contribution is 2.23. The zero-order valence-corrected chi connectivity index (χ0v) is 14.9. The van der Waals surface area contributed by atoms with Gasteiger partial charge in [-0.25, -0.2) is 9.82 Å². The van der Waals surface area contributed by atoms with Crippen molar-refractivity contribution in [1.29, 1.82) is 0 Å². The van der Waals surface area contributed by atoms with Gasteiger partial charge in [0, 0.05) is 30.5 Å². The summed E-state index contributed by atoms with van der Waals surface area (Å²) in [6.45, 7) is 6.45. The van der Waals surface area contributed by atoms with Crippen LogP contribution in [0.5, 0.6) is 0 Å². The van der Waals surface area contributed by atoms with E-state index in [1.807, 2.05) is 13.8 Å². The lowest BCUT2D eigenvalue weighted by molar-refractivity contribution is -0.124. The number of hydrogen-bond acceptors (Lipinski definition) is 4. The average Bonchev–Trinajstić information content (AvgIpc) is 2.97. The van der Waals surface area contributed by atoms with Gasteiger partial charge in [0.1, 0.15) is 11.9 Å². The molecule has 24 heavy (non-hydrogen) atoms. The molecule has 1 amide bonds. The molecule has 3 atom stereocenters. The lowest BCUT2D eigenvalue weighted by atomic mass is 9.84. The molecule has 0 bridgehead atoms. The number of rotatable bonds is 4. The van der Waals surface area contributed by atoms with Crippen LogP contribution in [0.1, 0.15) is 25.8 Å². The zero-order chi connectivity index (χ0) is 16.4. The van der Waals surface area contributed by atoms with E-state index in [0.29, 0.717) is 12.6 Å². The van der Waals surface area contributed by atoms with Crippen LogP contribution in [0.15, 0.2) is 24.3 Å². The molecule has 0 radical (unpaired) electrons.